The molecule has 0 saturated carbocycles. The van der Waals surface area contributed by atoms with Crippen molar-refractivity contribution in [2.75, 3.05) is 12.8 Å². The van der Waals surface area contributed by atoms with E-state index in [1.165, 1.54) is 13.3 Å². The number of ether oxygens (including phenoxy) is 2. The Balaban J connectivity index is 1.71. The summed E-state index contributed by atoms with van der Waals surface area (Å²) in [5.74, 6) is 0.142. The molecule has 0 radical (unpaired) electrons. The summed E-state index contributed by atoms with van der Waals surface area (Å²) >= 11 is 15.5. The summed E-state index contributed by atoms with van der Waals surface area (Å²) in [6.07, 6.45) is 1.41. The lowest BCUT2D eigenvalue weighted by Gasteiger charge is -2.14. The van der Waals surface area contributed by atoms with Crippen molar-refractivity contribution in [3.05, 3.63) is 61.7 Å². The van der Waals surface area contributed by atoms with Crippen LogP contribution in [0.25, 0.3) is 0 Å². The first-order chi connectivity index (χ1) is 14.4. The maximum atomic E-state index is 11.9. The first-order valence-corrected chi connectivity index (χ1v) is 9.79. The Bertz CT molecular complexity index is 1110. The van der Waals surface area contributed by atoms with E-state index in [1.54, 1.807) is 30.3 Å². The van der Waals surface area contributed by atoms with Crippen LogP contribution in [0.4, 0.5) is 5.82 Å². The largest absolute Gasteiger partial charge is 0.493 e. The molecule has 2 aromatic carbocycles. The lowest BCUT2D eigenvalue weighted by atomic mass is 10.2. The zero-order chi connectivity index (χ0) is 21.7. The molecule has 9 nitrogen and oxygen atoms in total. The SMILES string of the molecule is COc1cc(/C=N\NC(=O)c2nonc2N)cc(Br)c1OCc1ccc(Cl)cc1Cl. The summed E-state index contributed by atoms with van der Waals surface area (Å²) in [6.45, 7) is 0.210. The lowest BCUT2D eigenvalue weighted by Crippen LogP contribution is -2.19. The van der Waals surface area contributed by atoms with E-state index < -0.39 is 5.91 Å². The third-order valence-electron chi connectivity index (χ3n) is 3.75. The fourth-order valence-electron chi connectivity index (χ4n) is 2.31. The summed E-state index contributed by atoms with van der Waals surface area (Å²) in [5, 5.41) is 11.6. The number of hydrogen-bond donors (Lipinski definition) is 2. The molecule has 0 aliphatic carbocycles. The first-order valence-electron chi connectivity index (χ1n) is 8.24. The van der Waals surface area contributed by atoms with Crippen LogP contribution in [0.3, 0.4) is 0 Å². The van der Waals surface area contributed by atoms with Crippen molar-refractivity contribution in [2.45, 2.75) is 6.61 Å². The van der Waals surface area contributed by atoms with Gasteiger partial charge in [-0.2, -0.15) is 5.10 Å². The molecule has 1 amide bonds. The van der Waals surface area contributed by atoms with Crippen LogP contribution in [0.2, 0.25) is 10.0 Å². The van der Waals surface area contributed by atoms with Gasteiger partial charge >= 0.3 is 0 Å². The highest BCUT2D eigenvalue weighted by atomic mass is 79.9. The Morgan fingerprint density at radius 3 is 2.80 bits per heavy atom. The number of nitrogens with zero attached hydrogens (tertiary/aromatic N) is 3. The van der Waals surface area contributed by atoms with Gasteiger partial charge in [0.15, 0.2) is 11.5 Å². The van der Waals surface area contributed by atoms with Gasteiger partial charge in [0.25, 0.3) is 5.91 Å². The van der Waals surface area contributed by atoms with Crippen LogP contribution in [-0.2, 0) is 6.61 Å². The number of carbonyl (C=O) groups excluding carboxylic acids is 1. The van der Waals surface area contributed by atoms with Gasteiger partial charge in [-0.25, -0.2) is 10.1 Å². The number of amides is 1. The number of nitrogen functional groups attached to an aromatic ring is 1. The molecule has 0 saturated heterocycles. The van der Waals surface area contributed by atoms with E-state index in [9.17, 15) is 4.79 Å². The second-order valence-electron chi connectivity index (χ2n) is 5.76. The van der Waals surface area contributed by atoms with Gasteiger partial charge in [0, 0.05) is 15.6 Å². The van der Waals surface area contributed by atoms with Crippen LogP contribution >= 0.6 is 39.1 Å². The summed E-state index contributed by atoms with van der Waals surface area (Å²) in [5.41, 5.74) is 8.97. The third kappa shape index (κ3) is 5.21. The number of aromatic nitrogens is 2. The van der Waals surface area contributed by atoms with Crippen LogP contribution < -0.4 is 20.6 Å². The molecule has 3 aromatic rings. The second kappa shape index (κ2) is 9.79. The minimum atomic E-state index is -0.657. The maximum absolute atomic E-state index is 11.9. The summed E-state index contributed by atoms with van der Waals surface area (Å²) in [6, 6.07) is 8.58. The number of nitrogens with one attached hydrogen (secondary N) is 1. The van der Waals surface area contributed by atoms with E-state index in [2.05, 4.69) is 41.4 Å². The van der Waals surface area contributed by atoms with E-state index in [0.29, 0.717) is 31.6 Å². The minimum absolute atomic E-state index is 0.130. The Labute approximate surface area is 189 Å². The fourth-order valence-corrected chi connectivity index (χ4v) is 3.35. The molecule has 3 N–H and O–H groups in total. The normalized spacial score (nSPS) is 10.9. The quantitative estimate of drug-likeness (QED) is 0.359. The number of benzene rings is 2. The van der Waals surface area contributed by atoms with Crippen LogP contribution in [0.1, 0.15) is 21.6 Å². The zero-order valence-electron chi connectivity index (χ0n) is 15.4. The molecular formula is C18H14BrCl2N5O4. The predicted octanol–water partition coefficient (Wildman–Crippen LogP) is 4.07. The molecule has 0 aliphatic heterocycles. The van der Waals surface area contributed by atoms with E-state index in [1.807, 2.05) is 0 Å². The molecule has 156 valence electrons. The van der Waals surface area contributed by atoms with Gasteiger partial charge in [0.2, 0.25) is 11.5 Å². The number of hydrogen-bond acceptors (Lipinski definition) is 8. The van der Waals surface area contributed by atoms with E-state index in [-0.39, 0.29) is 18.1 Å². The van der Waals surface area contributed by atoms with Gasteiger partial charge in [-0.15, -0.1) is 0 Å². The number of methoxy groups -OCH3 is 1. The smallest absolute Gasteiger partial charge is 0.297 e. The van der Waals surface area contributed by atoms with Crippen LogP contribution in [0.15, 0.2) is 44.5 Å². The summed E-state index contributed by atoms with van der Waals surface area (Å²) in [7, 11) is 1.51. The maximum Gasteiger partial charge on any atom is 0.297 e. The van der Waals surface area contributed by atoms with Crippen molar-refractivity contribution in [3.8, 4) is 11.5 Å². The molecule has 0 atom stereocenters. The summed E-state index contributed by atoms with van der Waals surface area (Å²) < 4.78 is 16.3. The van der Waals surface area contributed by atoms with Crippen LogP contribution in [-0.4, -0.2) is 29.5 Å². The van der Waals surface area contributed by atoms with Crippen molar-refractivity contribution in [1.29, 1.82) is 0 Å². The molecule has 30 heavy (non-hydrogen) atoms. The van der Waals surface area contributed by atoms with Gasteiger partial charge in [0.1, 0.15) is 6.61 Å². The van der Waals surface area contributed by atoms with E-state index in [0.717, 1.165) is 5.56 Å². The Kier molecular flexibility index (Phi) is 7.14. The molecule has 0 spiro atoms. The average Bonchev–Trinajstić information content (AvgIpc) is 3.14. The highest BCUT2D eigenvalue weighted by molar-refractivity contribution is 9.10. The highest BCUT2D eigenvalue weighted by Crippen LogP contribution is 2.37. The van der Waals surface area contributed by atoms with E-state index >= 15 is 0 Å². The topological polar surface area (TPSA) is 125 Å². The third-order valence-corrected chi connectivity index (χ3v) is 4.92. The Morgan fingerprint density at radius 1 is 1.33 bits per heavy atom. The number of halogens is 3. The summed E-state index contributed by atoms with van der Waals surface area (Å²) in [4.78, 5) is 11.9. The van der Waals surface area contributed by atoms with Crippen LogP contribution in [0, 0.1) is 0 Å². The Morgan fingerprint density at radius 2 is 2.13 bits per heavy atom. The number of hydrazone groups is 1. The zero-order valence-corrected chi connectivity index (χ0v) is 18.5. The standard InChI is InChI=1S/C18H14BrCl2N5O4/c1-28-14-5-9(7-23-24-18(27)15-17(22)26-30-25-15)4-12(19)16(14)29-8-10-2-3-11(20)6-13(10)21/h2-7H,8H2,1H3,(H2,22,26)(H,24,27)/b23-7-. The minimum Gasteiger partial charge on any atom is -0.493 e. The van der Waals surface area contributed by atoms with Crippen molar-refractivity contribution >= 4 is 57.1 Å². The molecule has 0 bridgehead atoms. The molecule has 12 heteroatoms. The van der Waals surface area contributed by atoms with Gasteiger partial charge in [-0.1, -0.05) is 29.3 Å². The number of carbonyl (C=O) groups is 1. The molecule has 1 aromatic heterocycles. The first kappa shape index (κ1) is 21.9. The molecule has 3 rings (SSSR count). The van der Waals surface area contributed by atoms with Gasteiger partial charge < -0.3 is 15.2 Å². The molecule has 1 heterocycles. The predicted molar refractivity (Wildman–Crippen MR) is 115 cm³/mol. The van der Waals surface area contributed by atoms with Crippen molar-refractivity contribution in [1.82, 2.24) is 15.7 Å². The van der Waals surface area contributed by atoms with Crippen molar-refractivity contribution in [3.63, 3.8) is 0 Å². The highest BCUT2D eigenvalue weighted by Gasteiger charge is 2.15. The lowest BCUT2D eigenvalue weighted by molar-refractivity contribution is 0.0946. The average molecular weight is 515 g/mol. The van der Waals surface area contributed by atoms with E-state index in [4.69, 9.17) is 38.4 Å². The number of nitrogens with two attached hydrogens (primary N) is 1. The monoisotopic (exact) mass is 513 g/mol. The molecule has 0 aliphatic rings. The molecule has 0 fully saturated rings. The van der Waals surface area contributed by atoms with Gasteiger partial charge in [-0.3, -0.25) is 4.79 Å². The van der Waals surface area contributed by atoms with Crippen LogP contribution in [0.5, 0.6) is 11.5 Å². The van der Waals surface area contributed by atoms with Crippen molar-refractivity contribution < 1.29 is 18.9 Å². The number of anilines is 1. The van der Waals surface area contributed by atoms with Gasteiger partial charge in [-0.05, 0) is 56.1 Å². The fraction of sp³-hybridized carbons (Fsp3) is 0.111. The second-order valence-corrected chi connectivity index (χ2v) is 7.45. The number of rotatable bonds is 7. The van der Waals surface area contributed by atoms with Gasteiger partial charge in [0.05, 0.1) is 17.8 Å². The Hall–Kier alpha value is -2.82. The molecular weight excluding hydrogens is 501 g/mol. The van der Waals surface area contributed by atoms with Crippen molar-refractivity contribution in [2.24, 2.45) is 5.10 Å². The molecule has 0 unspecified atom stereocenters.